The van der Waals surface area contributed by atoms with Crippen molar-refractivity contribution in [1.29, 1.82) is 0 Å². The van der Waals surface area contributed by atoms with E-state index in [1.54, 1.807) is 17.1 Å². The Hall–Kier alpha value is -2.08. The Morgan fingerprint density at radius 1 is 1.59 bits per heavy atom. The number of rotatable bonds is 4. The first-order valence-electron chi connectivity index (χ1n) is 5.01. The lowest BCUT2D eigenvalue weighted by Gasteiger charge is -2.05. The third-order valence-electron chi connectivity index (χ3n) is 2.30. The summed E-state index contributed by atoms with van der Waals surface area (Å²) in [7, 11) is 1.84. The van der Waals surface area contributed by atoms with Gasteiger partial charge in [-0.05, 0) is 0 Å². The van der Waals surface area contributed by atoms with E-state index in [4.69, 9.17) is 14.3 Å². The smallest absolute Gasteiger partial charge is 0.227 e. The van der Waals surface area contributed by atoms with Crippen molar-refractivity contribution in [3.8, 4) is 5.75 Å². The van der Waals surface area contributed by atoms with Gasteiger partial charge in [-0.1, -0.05) is 0 Å². The molecule has 0 saturated carbocycles. The Labute approximate surface area is 97.1 Å². The minimum atomic E-state index is -0.317. The van der Waals surface area contributed by atoms with Gasteiger partial charge in [0.15, 0.2) is 0 Å². The van der Waals surface area contributed by atoms with E-state index in [1.165, 1.54) is 12.3 Å². The fraction of sp³-hybridized carbons (Fsp3) is 0.273. The molecule has 0 amide bonds. The topological polar surface area (TPSA) is 77.5 Å². The Balaban J connectivity index is 2.10. The second-order valence-electron chi connectivity index (χ2n) is 3.52. The van der Waals surface area contributed by atoms with E-state index >= 15 is 0 Å². The molecule has 6 heteroatoms. The fourth-order valence-electron chi connectivity index (χ4n) is 1.30. The van der Waals surface area contributed by atoms with Crippen molar-refractivity contribution < 1.29 is 14.3 Å². The summed E-state index contributed by atoms with van der Waals surface area (Å²) in [6.45, 7) is -0.0724. The minimum absolute atomic E-state index is 0.114. The van der Waals surface area contributed by atoms with Gasteiger partial charge in [-0.2, -0.15) is 0 Å². The molecule has 0 aliphatic heterocycles. The summed E-state index contributed by atoms with van der Waals surface area (Å²) in [4.78, 5) is 15.5. The Bertz CT molecular complexity index is 559. The van der Waals surface area contributed by atoms with E-state index in [-0.39, 0.29) is 30.2 Å². The molecule has 2 aromatic rings. The second kappa shape index (κ2) is 4.84. The average Bonchev–Trinajstić information content (AvgIpc) is 2.73. The molecule has 2 rings (SSSR count). The summed E-state index contributed by atoms with van der Waals surface area (Å²) in [5.74, 6) is 0.325. The standard InChI is InChI=1S/C11H12N2O4/c1-13-7-12-3-8(13)5-17-11-6-16-9(4-14)2-10(11)15/h2-3,6-7,14H,4-5H2,1H3. The molecule has 0 bridgehead atoms. The quantitative estimate of drug-likeness (QED) is 0.833. The average molecular weight is 236 g/mol. The van der Waals surface area contributed by atoms with Crippen molar-refractivity contribution in [2.24, 2.45) is 7.05 Å². The third kappa shape index (κ3) is 2.54. The number of nitrogens with zero attached hydrogens (tertiary/aromatic N) is 2. The normalized spacial score (nSPS) is 10.5. The van der Waals surface area contributed by atoms with Crippen LogP contribution in [0.2, 0.25) is 0 Å². The molecule has 0 fully saturated rings. The number of imidazole rings is 1. The summed E-state index contributed by atoms with van der Waals surface area (Å²) in [6, 6.07) is 1.21. The molecule has 0 radical (unpaired) electrons. The maximum absolute atomic E-state index is 11.5. The molecule has 0 saturated heterocycles. The van der Waals surface area contributed by atoms with Crippen LogP contribution in [0.4, 0.5) is 0 Å². The van der Waals surface area contributed by atoms with Gasteiger partial charge in [0.05, 0.1) is 18.2 Å². The zero-order chi connectivity index (χ0) is 12.3. The predicted molar refractivity (Wildman–Crippen MR) is 58.4 cm³/mol. The first-order valence-corrected chi connectivity index (χ1v) is 5.01. The summed E-state index contributed by atoms with van der Waals surface area (Å²) >= 11 is 0. The van der Waals surface area contributed by atoms with E-state index in [9.17, 15) is 4.79 Å². The lowest BCUT2D eigenvalue weighted by atomic mass is 10.4. The van der Waals surface area contributed by atoms with Crippen molar-refractivity contribution in [3.63, 3.8) is 0 Å². The van der Waals surface area contributed by atoms with Crippen LogP contribution in [0.1, 0.15) is 11.5 Å². The molecule has 2 aromatic heterocycles. The van der Waals surface area contributed by atoms with Gasteiger partial charge in [0.1, 0.15) is 25.2 Å². The number of aliphatic hydroxyl groups is 1. The van der Waals surface area contributed by atoms with Crippen LogP contribution in [-0.2, 0) is 20.3 Å². The summed E-state index contributed by atoms with van der Waals surface area (Å²) in [5, 5.41) is 8.78. The molecule has 2 heterocycles. The van der Waals surface area contributed by atoms with Crippen molar-refractivity contribution in [1.82, 2.24) is 9.55 Å². The highest BCUT2D eigenvalue weighted by Gasteiger charge is 2.05. The van der Waals surface area contributed by atoms with Crippen LogP contribution in [0.25, 0.3) is 0 Å². The van der Waals surface area contributed by atoms with Crippen LogP contribution in [-0.4, -0.2) is 14.7 Å². The lowest BCUT2D eigenvalue weighted by Crippen LogP contribution is -2.09. The van der Waals surface area contributed by atoms with Crippen LogP contribution in [0.5, 0.6) is 5.75 Å². The van der Waals surface area contributed by atoms with Gasteiger partial charge >= 0.3 is 0 Å². The van der Waals surface area contributed by atoms with Gasteiger partial charge in [-0.25, -0.2) is 4.98 Å². The van der Waals surface area contributed by atoms with Gasteiger partial charge in [0.2, 0.25) is 11.2 Å². The van der Waals surface area contributed by atoms with E-state index in [1.807, 2.05) is 7.05 Å². The van der Waals surface area contributed by atoms with E-state index < -0.39 is 0 Å². The van der Waals surface area contributed by atoms with Crippen LogP contribution in [0.15, 0.2) is 34.1 Å². The molecule has 0 aliphatic carbocycles. The van der Waals surface area contributed by atoms with Crippen LogP contribution >= 0.6 is 0 Å². The van der Waals surface area contributed by atoms with Crippen molar-refractivity contribution >= 4 is 0 Å². The highest BCUT2D eigenvalue weighted by atomic mass is 16.5. The zero-order valence-corrected chi connectivity index (χ0v) is 9.29. The molecule has 6 nitrogen and oxygen atoms in total. The number of hydrogen-bond donors (Lipinski definition) is 1. The fourth-order valence-corrected chi connectivity index (χ4v) is 1.30. The Kier molecular flexibility index (Phi) is 3.24. The number of ether oxygens (including phenoxy) is 1. The molecule has 0 unspecified atom stereocenters. The van der Waals surface area contributed by atoms with Crippen molar-refractivity contribution in [2.45, 2.75) is 13.2 Å². The summed E-state index contributed by atoms with van der Waals surface area (Å²) < 4.78 is 12.1. The SMILES string of the molecule is Cn1cncc1COc1coc(CO)cc1=O. The lowest BCUT2D eigenvalue weighted by molar-refractivity contribution is 0.235. The van der Waals surface area contributed by atoms with Gasteiger partial charge in [0, 0.05) is 13.1 Å². The van der Waals surface area contributed by atoms with Crippen LogP contribution in [0.3, 0.4) is 0 Å². The molecule has 0 aromatic carbocycles. The maximum Gasteiger partial charge on any atom is 0.227 e. The van der Waals surface area contributed by atoms with Gasteiger partial charge in [0.25, 0.3) is 0 Å². The van der Waals surface area contributed by atoms with Gasteiger partial charge in [-0.15, -0.1) is 0 Å². The molecular formula is C11H12N2O4. The molecule has 17 heavy (non-hydrogen) atoms. The van der Waals surface area contributed by atoms with E-state index in [2.05, 4.69) is 4.98 Å². The first-order chi connectivity index (χ1) is 8.20. The predicted octanol–water partition coefficient (Wildman–Crippen LogP) is 0.445. The van der Waals surface area contributed by atoms with Crippen molar-refractivity contribution in [3.05, 3.63) is 46.5 Å². The Morgan fingerprint density at radius 2 is 2.41 bits per heavy atom. The van der Waals surface area contributed by atoms with Gasteiger partial charge in [-0.3, -0.25) is 4.79 Å². The van der Waals surface area contributed by atoms with E-state index in [0.717, 1.165) is 5.69 Å². The monoisotopic (exact) mass is 236 g/mol. The largest absolute Gasteiger partial charge is 0.480 e. The zero-order valence-electron chi connectivity index (χ0n) is 9.29. The highest BCUT2D eigenvalue weighted by Crippen LogP contribution is 2.08. The van der Waals surface area contributed by atoms with Crippen LogP contribution < -0.4 is 10.2 Å². The first kappa shape index (κ1) is 11.4. The number of aromatic nitrogens is 2. The highest BCUT2D eigenvalue weighted by molar-refractivity contribution is 5.17. The number of hydrogen-bond acceptors (Lipinski definition) is 5. The van der Waals surface area contributed by atoms with Crippen LogP contribution in [0, 0.1) is 0 Å². The molecule has 1 N–H and O–H groups in total. The van der Waals surface area contributed by atoms with E-state index in [0.29, 0.717) is 0 Å². The number of aryl methyl sites for hydroxylation is 1. The summed E-state index contributed by atoms with van der Waals surface area (Å²) in [5.41, 5.74) is 0.526. The molecule has 90 valence electrons. The second-order valence-corrected chi connectivity index (χ2v) is 3.52. The van der Waals surface area contributed by atoms with Crippen molar-refractivity contribution in [2.75, 3.05) is 0 Å². The molecule has 0 spiro atoms. The minimum Gasteiger partial charge on any atom is -0.480 e. The maximum atomic E-state index is 11.5. The summed E-state index contributed by atoms with van der Waals surface area (Å²) in [6.07, 6.45) is 4.50. The molecule has 0 aliphatic rings. The van der Waals surface area contributed by atoms with Gasteiger partial charge < -0.3 is 18.8 Å². The third-order valence-corrected chi connectivity index (χ3v) is 2.30. The number of aliphatic hydroxyl groups excluding tert-OH is 1. The Morgan fingerprint density at radius 3 is 3.00 bits per heavy atom. The molecule has 0 atom stereocenters. The molecular weight excluding hydrogens is 224 g/mol.